The van der Waals surface area contributed by atoms with Gasteiger partial charge in [-0.3, -0.25) is 9.20 Å². The van der Waals surface area contributed by atoms with Gasteiger partial charge in [-0.05, 0) is 26.0 Å². The number of halogens is 1. The third-order valence-electron chi connectivity index (χ3n) is 4.88. The van der Waals surface area contributed by atoms with E-state index in [-0.39, 0.29) is 24.1 Å². The fourth-order valence-electron chi connectivity index (χ4n) is 3.48. The monoisotopic (exact) mass is 423 g/mol. The van der Waals surface area contributed by atoms with Gasteiger partial charge in [-0.15, -0.1) is 11.3 Å². The molecule has 4 rings (SSSR count). The van der Waals surface area contributed by atoms with Gasteiger partial charge in [0.1, 0.15) is 0 Å². The van der Waals surface area contributed by atoms with E-state index in [2.05, 4.69) is 4.98 Å². The van der Waals surface area contributed by atoms with Crippen LogP contribution in [-0.4, -0.2) is 28.4 Å². The Kier molecular flexibility index (Phi) is 5.55. The van der Waals surface area contributed by atoms with E-state index in [1.54, 1.807) is 11.0 Å². The Balaban J connectivity index is 1.62. The van der Waals surface area contributed by atoms with Gasteiger partial charge in [-0.1, -0.05) is 30.3 Å². The smallest absolute Gasteiger partial charge is 0.233 e. The number of anilines is 1. The maximum atomic E-state index is 14.2. The molecule has 0 aliphatic carbocycles. The lowest BCUT2D eigenvalue weighted by molar-refractivity contribution is -0.118. The molecule has 30 heavy (non-hydrogen) atoms. The molecule has 2 heterocycles. The number of amides is 1. The average molecular weight is 424 g/mol. The summed E-state index contributed by atoms with van der Waals surface area (Å²) >= 11 is 1.50. The molecule has 0 aliphatic rings. The van der Waals surface area contributed by atoms with Gasteiger partial charge in [0.05, 0.1) is 19.2 Å². The van der Waals surface area contributed by atoms with Gasteiger partial charge in [0.15, 0.2) is 16.5 Å². The molecule has 2 aromatic carbocycles. The fraction of sp³-hybridized carbons (Fsp3) is 0.217. The topological polar surface area (TPSA) is 46.8 Å². The van der Waals surface area contributed by atoms with Crippen LogP contribution < -0.4 is 9.64 Å². The Morgan fingerprint density at radius 2 is 2.00 bits per heavy atom. The van der Waals surface area contributed by atoms with Crippen LogP contribution in [0.4, 0.5) is 10.1 Å². The van der Waals surface area contributed by atoms with E-state index in [1.807, 2.05) is 60.2 Å². The van der Waals surface area contributed by atoms with Crippen molar-refractivity contribution in [2.45, 2.75) is 26.3 Å². The molecular weight excluding hydrogens is 401 g/mol. The highest BCUT2D eigenvalue weighted by Gasteiger charge is 2.22. The maximum Gasteiger partial charge on any atom is 0.233 e. The molecule has 7 heteroatoms. The molecule has 0 bridgehead atoms. The Morgan fingerprint density at radius 3 is 2.67 bits per heavy atom. The lowest BCUT2D eigenvalue weighted by atomic mass is 10.2. The number of hydrogen-bond acceptors (Lipinski definition) is 4. The van der Waals surface area contributed by atoms with E-state index >= 15 is 0 Å². The number of methoxy groups -OCH3 is 1. The van der Waals surface area contributed by atoms with Crippen molar-refractivity contribution >= 4 is 27.9 Å². The molecule has 0 fully saturated rings. The van der Waals surface area contributed by atoms with Gasteiger partial charge in [-0.2, -0.15) is 0 Å². The fourth-order valence-corrected chi connectivity index (χ4v) is 4.35. The van der Waals surface area contributed by atoms with Crippen LogP contribution in [0.3, 0.4) is 0 Å². The quantitative estimate of drug-likeness (QED) is 0.429. The summed E-state index contributed by atoms with van der Waals surface area (Å²) in [6.45, 7) is 3.82. The molecule has 0 radical (unpaired) electrons. The number of nitrogens with zero attached hydrogens (tertiary/aromatic N) is 3. The van der Waals surface area contributed by atoms with E-state index in [0.29, 0.717) is 5.69 Å². The van der Waals surface area contributed by atoms with Crippen LogP contribution in [-0.2, 0) is 11.2 Å². The second kappa shape index (κ2) is 8.28. The predicted octanol–water partition coefficient (Wildman–Crippen LogP) is 5.19. The lowest BCUT2D eigenvalue weighted by Gasteiger charge is -2.27. The number of imidazole rings is 1. The van der Waals surface area contributed by atoms with Crippen molar-refractivity contribution in [3.8, 4) is 17.0 Å². The molecule has 0 spiro atoms. The zero-order valence-corrected chi connectivity index (χ0v) is 17.8. The highest BCUT2D eigenvalue weighted by molar-refractivity contribution is 7.15. The minimum absolute atomic E-state index is 0.107. The van der Waals surface area contributed by atoms with E-state index in [1.165, 1.54) is 30.6 Å². The highest BCUT2D eigenvalue weighted by atomic mass is 32.1. The van der Waals surface area contributed by atoms with E-state index < -0.39 is 5.82 Å². The molecule has 154 valence electrons. The van der Waals surface area contributed by atoms with Crippen LogP contribution in [0.5, 0.6) is 5.75 Å². The van der Waals surface area contributed by atoms with Crippen molar-refractivity contribution in [3.05, 3.63) is 71.6 Å². The Labute approximate surface area is 178 Å². The van der Waals surface area contributed by atoms with Crippen molar-refractivity contribution in [1.29, 1.82) is 0 Å². The molecule has 2 aromatic heterocycles. The van der Waals surface area contributed by atoms with Gasteiger partial charge < -0.3 is 9.64 Å². The van der Waals surface area contributed by atoms with Crippen molar-refractivity contribution in [1.82, 2.24) is 9.38 Å². The largest absolute Gasteiger partial charge is 0.494 e. The number of aromatic nitrogens is 2. The number of carbonyl (C=O) groups excluding carboxylic acids is 1. The molecule has 4 aromatic rings. The van der Waals surface area contributed by atoms with Crippen molar-refractivity contribution in [2.24, 2.45) is 0 Å². The van der Waals surface area contributed by atoms with Gasteiger partial charge >= 0.3 is 0 Å². The number of thiazole rings is 1. The number of rotatable bonds is 6. The first kappa shape index (κ1) is 20.1. The molecule has 0 saturated carbocycles. The van der Waals surface area contributed by atoms with Crippen LogP contribution in [0.15, 0.2) is 60.1 Å². The first-order chi connectivity index (χ1) is 14.5. The minimum Gasteiger partial charge on any atom is -0.494 e. The third-order valence-corrected chi connectivity index (χ3v) is 5.77. The SMILES string of the molecule is COc1ccc(N(C(=O)Cc2csc3nc(-c4ccccc4)cn23)C(C)C)cc1F. The van der Waals surface area contributed by atoms with E-state index in [9.17, 15) is 9.18 Å². The van der Waals surface area contributed by atoms with Gasteiger partial charge in [-0.25, -0.2) is 9.37 Å². The molecule has 1 amide bonds. The maximum absolute atomic E-state index is 14.2. The summed E-state index contributed by atoms with van der Waals surface area (Å²) in [4.78, 5) is 20.3. The van der Waals surface area contributed by atoms with Crippen LogP contribution in [0.25, 0.3) is 16.2 Å². The number of benzene rings is 2. The highest BCUT2D eigenvalue weighted by Crippen LogP contribution is 2.27. The number of carbonyl (C=O) groups is 1. The summed E-state index contributed by atoms with van der Waals surface area (Å²) in [5.41, 5.74) is 3.27. The van der Waals surface area contributed by atoms with Gasteiger partial charge in [0.2, 0.25) is 5.91 Å². The lowest BCUT2D eigenvalue weighted by Crippen LogP contribution is -2.38. The van der Waals surface area contributed by atoms with E-state index in [4.69, 9.17) is 4.74 Å². The second-order valence-electron chi connectivity index (χ2n) is 7.22. The zero-order chi connectivity index (χ0) is 21.3. The molecule has 0 unspecified atom stereocenters. The van der Waals surface area contributed by atoms with E-state index in [0.717, 1.165) is 21.9 Å². The predicted molar refractivity (Wildman–Crippen MR) is 118 cm³/mol. The summed E-state index contributed by atoms with van der Waals surface area (Å²) in [5, 5.41) is 1.95. The number of hydrogen-bond donors (Lipinski definition) is 0. The molecule has 0 atom stereocenters. The summed E-state index contributed by atoms with van der Waals surface area (Å²) in [6, 6.07) is 14.4. The molecule has 0 saturated heterocycles. The standard InChI is InChI=1S/C23H22FN3O2S/c1-15(2)27(17-9-10-21(29-3)19(24)11-17)22(28)12-18-14-30-23-25-20(13-26(18)23)16-7-5-4-6-8-16/h4-11,13-15H,12H2,1-3H3. The minimum atomic E-state index is -0.492. The second-order valence-corrected chi connectivity index (χ2v) is 8.06. The van der Waals surface area contributed by atoms with Crippen LogP contribution in [0.1, 0.15) is 19.5 Å². The molecular formula is C23H22FN3O2S. The summed E-state index contributed by atoms with van der Waals surface area (Å²) in [7, 11) is 1.42. The first-order valence-electron chi connectivity index (χ1n) is 9.64. The molecule has 0 N–H and O–H groups in total. The zero-order valence-electron chi connectivity index (χ0n) is 17.0. The Bertz CT molecular complexity index is 1180. The summed E-state index contributed by atoms with van der Waals surface area (Å²) in [5.74, 6) is -0.445. The molecule has 5 nitrogen and oxygen atoms in total. The van der Waals surface area contributed by atoms with Gasteiger partial charge in [0, 0.05) is 40.6 Å². The van der Waals surface area contributed by atoms with Crippen LogP contribution >= 0.6 is 11.3 Å². The normalized spacial score (nSPS) is 11.2. The number of ether oxygens (including phenoxy) is 1. The summed E-state index contributed by atoms with van der Waals surface area (Å²) in [6.07, 6.45) is 2.15. The van der Waals surface area contributed by atoms with Crippen molar-refractivity contribution < 1.29 is 13.9 Å². The van der Waals surface area contributed by atoms with Crippen LogP contribution in [0.2, 0.25) is 0 Å². The Hall–Kier alpha value is -3.19. The summed E-state index contributed by atoms with van der Waals surface area (Å²) < 4.78 is 21.2. The average Bonchev–Trinajstić information content (AvgIpc) is 3.31. The molecule has 0 aliphatic heterocycles. The first-order valence-corrected chi connectivity index (χ1v) is 10.5. The van der Waals surface area contributed by atoms with Crippen molar-refractivity contribution in [2.75, 3.05) is 12.0 Å². The third kappa shape index (κ3) is 3.80. The number of fused-ring (bicyclic) bond motifs is 1. The van der Waals surface area contributed by atoms with Gasteiger partial charge in [0.25, 0.3) is 0 Å². The Morgan fingerprint density at radius 1 is 1.23 bits per heavy atom. The van der Waals surface area contributed by atoms with Crippen molar-refractivity contribution in [3.63, 3.8) is 0 Å². The van der Waals surface area contributed by atoms with Crippen LogP contribution in [0, 0.1) is 5.82 Å².